The molecule has 3 fully saturated rings. The fraction of sp³-hybridized carbons (Fsp3) is 0.941. The number of hydrogen-bond acceptors (Lipinski definition) is 3. The van der Waals surface area contributed by atoms with Crippen molar-refractivity contribution >= 4 is 41.7 Å². The third kappa shape index (κ3) is 5.39. The second-order valence-electron chi connectivity index (χ2n) is 7.33. The van der Waals surface area contributed by atoms with Crippen molar-refractivity contribution < 1.29 is 5.11 Å². The number of fused-ring (bicyclic) bond motifs is 1. The van der Waals surface area contributed by atoms with Gasteiger partial charge in [0.25, 0.3) is 0 Å². The van der Waals surface area contributed by atoms with E-state index in [2.05, 4.69) is 22.5 Å². The van der Waals surface area contributed by atoms with Gasteiger partial charge in [0.05, 0.1) is 12.1 Å². The third-order valence-electron chi connectivity index (χ3n) is 5.59. The van der Waals surface area contributed by atoms with Crippen molar-refractivity contribution in [1.82, 2.24) is 10.6 Å². The van der Waals surface area contributed by atoms with Crippen molar-refractivity contribution in [1.29, 1.82) is 0 Å². The molecule has 23 heavy (non-hydrogen) atoms. The predicted octanol–water partition coefficient (Wildman–Crippen LogP) is 3.00. The molecule has 1 heterocycles. The Balaban J connectivity index is 0.00000192. The van der Waals surface area contributed by atoms with Crippen LogP contribution in [0.2, 0.25) is 0 Å². The maximum Gasteiger partial charge on any atom is 0.191 e. The summed E-state index contributed by atoms with van der Waals surface area (Å²) in [4.78, 5) is 4.68. The summed E-state index contributed by atoms with van der Waals surface area (Å²) in [6, 6.07) is 0.560. The minimum absolute atomic E-state index is 0. The number of nitrogens with one attached hydrogen (secondary N) is 2. The van der Waals surface area contributed by atoms with Gasteiger partial charge in [0.15, 0.2) is 5.96 Å². The first-order valence-electron chi connectivity index (χ1n) is 9.03. The first-order valence-corrected chi connectivity index (χ1v) is 10.2. The molecule has 3 aliphatic rings. The van der Waals surface area contributed by atoms with E-state index in [-0.39, 0.29) is 24.0 Å². The van der Waals surface area contributed by atoms with Crippen LogP contribution >= 0.6 is 35.7 Å². The lowest BCUT2D eigenvalue weighted by Gasteiger charge is -2.33. The standard InChI is InChI=1S/C17H31N3OS.HI/c1-2-18-16(19-11-17(21)8-9-22-12-17)20-15-7-6-13-4-3-5-14(13)10-15;/h13-15,21H,2-12H2,1H3,(H2,18,19,20);1H. The van der Waals surface area contributed by atoms with Gasteiger partial charge in [-0.15, -0.1) is 24.0 Å². The maximum atomic E-state index is 10.5. The molecule has 0 bridgehead atoms. The first-order chi connectivity index (χ1) is 10.7. The molecule has 0 aromatic carbocycles. The Morgan fingerprint density at radius 3 is 2.83 bits per heavy atom. The van der Waals surface area contributed by atoms with Crippen LogP contribution in [0.5, 0.6) is 0 Å². The lowest BCUT2D eigenvalue weighted by molar-refractivity contribution is 0.0778. The molecule has 2 saturated carbocycles. The predicted molar refractivity (Wildman–Crippen MR) is 110 cm³/mol. The van der Waals surface area contributed by atoms with Gasteiger partial charge in [-0.1, -0.05) is 19.3 Å². The van der Waals surface area contributed by atoms with E-state index in [0.29, 0.717) is 12.6 Å². The van der Waals surface area contributed by atoms with E-state index in [1.165, 1.54) is 38.5 Å². The SMILES string of the molecule is CCNC(=NCC1(O)CCSC1)NC1CCC2CCCC2C1.I. The van der Waals surface area contributed by atoms with Crippen LogP contribution in [0.15, 0.2) is 4.99 Å². The lowest BCUT2D eigenvalue weighted by Crippen LogP contribution is -2.47. The number of guanidine groups is 1. The highest BCUT2D eigenvalue weighted by Gasteiger charge is 2.34. The second kappa shape index (κ2) is 9.13. The molecule has 4 atom stereocenters. The summed E-state index contributed by atoms with van der Waals surface area (Å²) in [5.74, 6) is 4.71. The van der Waals surface area contributed by atoms with E-state index in [1.54, 1.807) is 0 Å². The van der Waals surface area contributed by atoms with Crippen molar-refractivity contribution in [3.63, 3.8) is 0 Å². The van der Waals surface area contributed by atoms with Crippen molar-refractivity contribution in [2.45, 2.75) is 63.5 Å². The smallest absolute Gasteiger partial charge is 0.191 e. The third-order valence-corrected chi connectivity index (χ3v) is 6.82. The molecule has 4 nitrogen and oxygen atoms in total. The monoisotopic (exact) mass is 453 g/mol. The number of aliphatic imine (C=N–C) groups is 1. The van der Waals surface area contributed by atoms with Gasteiger partial charge in [0, 0.05) is 18.3 Å². The summed E-state index contributed by atoms with van der Waals surface area (Å²) in [6.45, 7) is 3.50. The van der Waals surface area contributed by atoms with E-state index >= 15 is 0 Å². The van der Waals surface area contributed by atoms with Crippen LogP contribution < -0.4 is 10.6 Å². The van der Waals surface area contributed by atoms with E-state index in [1.807, 2.05) is 11.8 Å². The Bertz CT molecular complexity index is 401. The zero-order valence-corrected chi connectivity index (χ0v) is 17.4. The molecular weight excluding hydrogens is 421 g/mol. The summed E-state index contributed by atoms with van der Waals surface area (Å²) < 4.78 is 0. The topological polar surface area (TPSA) is 56.7 Å². The molecular formula is C17H32IN3OS. The average molecular weight is 453 g/mol. The van der Waals surface area contributed by atoms with E-state index in [9.17, 15) is 5.11 Å². The molecule has 1 aliphatic heterocycles. The van der Waals surface area contributed by atoms with Crippen molar-refractivity contribution in [2.75, 3.05) is 24.6 Å². The van der Waals surface area contributed by atoms with Crippen LogP contribution in [0.4, 0.5) is 0 Å². The van der Waals surface area contributed by atoms with Gasteiger partial charge in [-0.05, 0) is 50.2 Å². The number of aliphatic hydroxyl groups is 1. The minimum atomic E-state index is -0.587. The molecule has 3 rings (SSSR count). The fourth-order valence-electron chi connectivity index (χ4n) is 4.29. The molecule has 2 aliphatic carbocycles. The summed E-state index contributed by atoms with van der Waals surface area (Å²) >= 11 is 1.83. The van der Waals surface area contributed by atoms with Crippen molar-refractivity contribution in [3.8, 4) is 0 Å². The molecule has 4 unspecified atom stereocenters. The fourth-order valence-corrected chi connectivity index (χ4v) is 5.58. The molecule has 3 N–H and O–H groups in total. The molecule has 134 valence electrons. The maximum absolute atomic E-state index is 10.5. The quantitative estimate of drug-likeness (QED) is 0.348. The average Bonchev–Trinajstić information content (AvgIpc) is 3.14. The number of rotatable bonds is 4. The zero-order valence-electron chi connectivity index (χ0n) is 14.2. The molecule has 1 saturated heterocycles. The van der Waals surface area contributed by atoms with Gasteiger partial charge >= 0.3 is 0 Å². The highest BCUT2D eigenvalue weighted by Crippen LogP contribution is 2.42. The van der Waals surface area contributed by atoms with Crippen LogP contribution in [0.25, 0.3) is 0 Å². The van der Waals surface area contributed by atoms with E-state index in [4.69, 9.17) is 0 Å². The zero-order chi connectivity index (χ0) is 15.4. The second-order valence-corrected chi connectivity index (χ2v) is 8.43. The Kier molecular flexibility index (Phi) is 7.79. The van der Waals surface area contributed by atoms with Gasteiger partial charge in [-0.3, -0.25) is 4.99 Å². The Hall–Kier alpha value is 0.310. The minimum Gasteiger partial charge on any atom is -0.387 e. The van der Waals surface area contributed by atoms with E-state index in [0.717, 1.165) is 42.3 Å². The number of thioether (sulfide) groups is 1. The van der Waals surface area contributed by atoms with Crippen LogP contribution in [0.1, 0.15) is 51.9 Å². The normalized spacial score (nSPS) is 37.1. The molecule has 0 aromatic heterocycles. The summed E-state index contributed by atoms with van der Waals surface area (Å²) in [5.41, 5.74) is -0.587. The van der Waals surface area contributed by atoms with Gasteiger partial charge in [-0.25, -0.2) is 0 Å². The number of nitrogens with zero attached hydrogens (tertiary/aromatic N) is 1. The van der Waals surface area contributed by atoms with Crippen LogP contribution in [0.3, 0.4) is 0 Å². The Labute approximate surface area is 162 Å². The van der Waals surface area contributed by atoms with Crippen LogP contribution in [-0.4, -0.2) is 47.3 Å². The van der Waals surface area contributed by atoms with Crippen LogP contribution in [-0.2, 0) is 0 Å². The van der Waals surface area contributed by atoms with Gasteiger partial charge in [0.2, 0.25) is 0 Å². The number of hydrogen-bond donors (Lipinski definition) is 3. The molecule has 0 spiro atoms. The lowest BCUT2D eigenvalue weighted by atomic mass is 9.79. The van der Waals surface area contributed by atoms with Gasteiger partial charge in [0.1, 0.15) is 0 Å². The Morgan fingerprint density at radius 2 is 2.09 bits per heavy atom. The summed E-state index contributed by atoms with van der Waals surface area (Å²) in [7, 11) is 0. The molecule has 6 heteroatoms. The van der Waals surface area contributed by atoms with Crippen molar-refractivity contribution in [2.24, 2.45) is 16.8 Å². The summed E-state index contributed by atoms with van der Waals surface area (Å²) in [5, 5.41) is 17.4. The highest BCUT2D eigenvalue weighted by atomic mass is 127. The molecule has 0 radical (unpaired) electrons. The van der Waals surface area contributed by atoms with E-state index < -0.39 is 5.60 Å². The van der Waals surface area contributed by atoms with Crippen molar-refractivity contribution in [3.05, 3.63) is 0 Å². The molecule has 0 amide bonds. The number of halogens is 1. The Morgan fingerprint density at radius 1 is 1.26 bits per heavy atom. The molecule has 0 aromatic rings. The van der Waals surface area contributed by atoms with Gasteiger partial charge in [-0.2, -0.15) is 11.8 Å². The highest BCUT2D eigenvalue weighted by molar-refractivity contribution is 14.0. The largest absolute Gasteiger partial charge is 0.387 e. The first kappa shape index (κ1) is 19.6. The summed E-state index contributed by atoms with van der Waals surface area (Å²) in [6.07, 6.45) is 9.13. The van der Waals surface area contributed by atoms with Gasteiger partial charge < -0.3 is 15.7 Å². The van der Waals surface area contributed by atoms with Crippen LogP contribution in [0, 0.1) is 11.8 Å².